The predicted molar refractivity (Wildman–Crippen MR) is 151 cm³/mol. The number of benzene rings is 4. The lowest BCUT2D eigenvalue weighted by molar-refractivity contribution is 0.103. The highest BCUT2D eigenvalue weighted by Crippen LogP contribution is 2.35. The van der Waals surface area contributed by atoms with Gasteiger partial charge in [0.15, 0.2) is 11.6 Å². The number of ether oxygens (including phenoxy) is 1. The van der Waals surface area contributed by atoms with Crippen LogP contribution in [0.1, 0.15) is 15.9 Å². The molecule has 4 aromatic carbocycles. The molecular formula is C32H22N4O2. The summed E-state index contributed by atoms with van der Waals surface area (Å²) in [5.41, 5.74) is 7.34. The van der Waals surface area contributed by atoms with Crippen molar-refractivity contribution >= 4 is 38.6 Å². The molecule has 3 aromatic heterocycles. The summed E-state index contributed by atoms with van der Waals surface area (Å²) in [6.45, 7) is 0. The maximum absolute atomic E-state index is 13.0. The van der Waals surface area contributed by atoms with Crippen molar-refractivity contribution in [2.75, 3.05) is 7.11 Å². The lowest BCUT2D eigenvalue weighted by atomic mass is 10.0. The average Bonchev–Trinajstić information content (AvgIpc) is 3.58. The van der Waals surface area contributed by atoms with Gasteiger partial charge in [0, 0.05) is 33.0 Å². The van der Waals surface area contributed by atoms with Crippen LogP contribution < -0.4 is 4.74 Å². The number of aromatic amines is 2. The zero-order valence-corrected chi connectivity index (χ0v) is 20.5. The number of para-hydroxylation sites is 1. The van der Waals surface area contributed by atoms with E-state index in [2.05, 4.69) is 28.2 Å². The number of H-pyrrole nitrogens is 2. The van der Waals surface area contributed by atoms with E-state index >= 15 is 0 Å². The first-order valence-corrected chi connectivity index (χ1v) is 12.3. The number of hydrogen-bond acceptors (Lipinski definition) is 4. The van der Waals surface area contributed by atoms with Crippen LogP contribution in [0.25, 0.3) is 55.6 Å². The van der Waals surface area contributed by atoms with Crippen molar-refractivity contribution in [3.05, 3.63) is 114 Å². The maximum atomic E-state index is 13.0. The van der Waals surface area contributed by atoms with Crippen molar-refractivity contribution in [1.29, 1.82) is 0 Å². The van der Waals surface area contributed by atoms with Gasteiger partial charge in [-0.05, 0) is 54.6 Å². The van der Waals surface area contributed by atoms with Gasteiger partial charge in [0.2, 0.25) is 0 Å². The first-order valence-electron chi connectivity index (χ1n) is 12.3. The number of hydrogen-bond donors (Lipinski definition) is 2. The first kappa shape index (κ1) is 22.0. The zero-order valence-electron chi connectivity index (χ0n) is 20.5. The number of ketones is 1. The van der Waals surface area contributed by atoms with Gasteiger partial charge in [-0.2, -0.15) is 0 Å². The van der Waals surface area contributed by atoms with Crippen LogP contribution in [0.2, 0.25) is 0 Å². The predicted octanol–water partition coefficient (Wildman–Crippen LogP) is 7.17. The number of methoxy groups -OCH3 is 1. The van der Waals surface area contributed by atoms with Gasteiger partial charge in [-0.3, -0.25) is 4.79 Å². The van der Waals surface area contributed by atoms with Crippen LogP contribution in [0.5, 0.6) is 5.75 Å². The smallest absolute Gasteiger partial charge is 0.193 e. The number of carbonyl (C=O) groups is 1. The number of aromatic nitrogens is 4. The molecule has 0 saturated heterocycles. The van der Waals surface area contributed by atoms with Gasteiger partial charge < -0.3 is 14.7 Å². The molecule has 38 heavy (non-hydrogen) atoms. The van der Waals surface area contributed by atoms with Gasteiger partial charge in [-0.1, -0.05) is 48.5 Å². The van der Waals surface area contributed by atoms with E-state index in [0.29, 0.717) is 22.5 Å². The molecule has 0 fully saturated rings. The quantitative estimate of drug-likeness (QED) is 0.249. The Morgan fingerprint density at radius 3 is 2.32 bits per heavy atom. The second-order valence-corrected chi connectivity index (χ2v) is 9.19. The van der Waals surface area contributed by atoms with E-state index in [1.807, 2.05) is 84.9 Å². The van der Waals surface area contributed by atoms with Crippen molar-refractivity contribution in [3.8, 4) is 28.5 Å². The third-order valence-electron chi connectivity index (χ3n) is 6.88. The summed E-state index contributed by atoms with van der Waals surface area (Å²) >= 11 is 0. The van der Waals surface area contributed by atoms with Crippen LogP contribution in [-0.4, -0.2) is 32.8 Å². The number of imidazole rings is 1. The molecule has 0 atom stereocenters. The summed E-state index contributed by atoms with van der Waals surface area (Å²) in [5, 5.41) is 2.18. The Morgan fingerprint density at radius 1 is 0.711 bits per heavy atom. The molecule has 0 aliphatic rings. The van der Waals surface area contributed by atoms with Crippen molar-refractivity contribution in [2.45, 2.75) is 0 Å². The van der Waals surface area contributed by atoms with E-state index in [9.17, 15) is 4.79 Å². The number of nitrogens with zero attached hydrogens (tertiary/aromatic N) is 2. The molecule has 0 radical (unpaired) electrons. The second kappa shape index (κ2) is 8.71. The van der Waals surface area contributed by atoms with E-state index in [0.717, 1.165) is 50.0 Å². The number of nitrogens with one attached hydrogen (secondary N) is 2. The fourth-order valence-electron chi connectivity index (χ4n) is 4.95. The summed E-state index contributed by atoms with van der Waals surface area (Å²) < 4.78 is 5.35. The summed E-state index contributed by atoms with van der Waals surface area (Å²) in [6.07, 6.45) is 0. The molecule has 7 rings (SSSR count). The Hall–Kier alpha value is -5.23. The normalized spacial score (nSPS) is 11.4. The second-order valence-electron chi connectivity index (χ2n) is 9.19. The molecule has 6 nitrogen and oxygen atoms in total. The molecule has 7 aromatic rings. The minimum absolute atomic E-state index is 0.0304. The van der Waals surface area contributed by atoms with Crippen molar-refractivity contribution in [1.82, 2.24) is 19.9 Å². The third kappa shape index (κ3) is 3.62. The number of fused-ring (bicyclic) bond motifs is 4. The minimum Gasteiger partial charge on any atom is -0.497 e. The van der Waals surface area contributed by atoms with E-state index in [-0.39, 0.29) is 5.78 Å². The molecule has 3 heterocycles. The highest BCUT2D eigenvalue weighted by Gasteiger charge is 2.17. The Balaban J connectivity index is 1.39. The van der Waals surface area contributed by atoms with Gasteiger partial charge >= 0.3 is 0 Å². The van der Waals surface area contributed by atoms with E-state index in [1.165, 1.54) is 0 Å². The highest BCUT2D eigenvalue weighted by molar-refractivity contribution is 6.12. The molecule has 0 amide bonds. The summed E-state index contributed by atoms with van der Waals surface area (Å²) in [7, 11) is 1.66. The van der Waals surface area contributed by atoms with Crippen LogP contribution in [0, 0.1) is 0 Å². The van der Waals surface area contributed by atoms with E-state index in [4.69, 9.17) is 14.7 Å². The topological polar surface area (TPSA) is 83.7 Å². The molecule has 0 aliphatic heterocycles. The van der Waals surface area contributed by atoms with Crippen LogP contribution in [0.4, 0.5) is 0 Å². The zero-order chi connectivity index (χ0) is 25.6. The van der Waals surface area contributed by atoms with Gasteiger partial charge in [0.05, 0.1) is 29.4 Å². The number of carbonyl (C=O) groups excluding carboxylic acids is 1. The van der Waals surface area contributed by atoms with Crippen molar-refractivity contribution in [2.24, 2.45) is 0 Å². The fraction of sp³-hybridized carbons (Fsp3) is 0.0312. The summed E-state index contributed by atoms with van der Waals surface area (Å²) in [5.74, 6) is 1.40. The lowest BCUT2D eigenvalue weighted by Crippen LogP contribution is -2.00. The van der Waals surface area contributed by atoms with Gasteiger partial charge in [-0.15, -0.1) is 0 Å². The van der Waals surface area contributed by atoms with Gasteiger partial charge in [0.25, 0.3) is 0 Å². The Labute approximate surface area is 218 Å². The maximum Gasteiger partial charge on any atom is 0.193 e. The molecule has 0 unspecified atom stereocenters. The van der Waals surface area contributed by atoms with Crippen LogP contribution in [0.3, 0.4) is 0 Å². The number of pyridine rings is 1. The van der Waals surface area contributed by atoms with E-state index < -0.39 is 0 Å². The highest BCUT2D eigenvalue weighted by atomic mass is 16.5. The van der Waals surface area contributed by atoms with Crippen LogP contribution in [-0.2, 0) is 0 Å². The summed E-state index contributed by atoms with van der Waals surface area (Å²) in [4.78, 5) is 29.9. The monoisotopic (exact) mass is 494 g/mol. The van der Waals surface area contributed by atoms with Gasteiger partial charge in [-0.25, -0.2) is 9.97 Å². The lowest BCUT2D eigenvalue weighted by Gasteiger charge is -2.07. The summed E-state index contributed by atoms with van der Waals surface area (Å²) in [6, 6.07) is 33.0. The SMILES string of the molecule is COc1ccc(-c2nc(-c3nc4cc(C(=O)c5ccccc5)ccc4[nH]3)cc3c2[nH]c2ccccc23)cc1. The van der Waals surface area contributed by atoms with E-state index in [1.54, 1.807) is 7.11 Å². The molecule has 0 aliphatic carbocycles. The van der Waals surface area contributed by atoms with Gasteiger partial charge in [0.1, 0.15) is 11.4 Å². The van der Waals surface area contributed by atoms with Crippen LogP contribution in [0.15, 0.2) is 103 Å². The molecular weight excluding hydrogens is 472 g/mol. The molecule has 182 valence electrons. The molecule has 0 bridgehead atoms. The fourth-order valence-corrected chi connectivity index (χ4v) is 4.95. The molecule has 6 heteroatoms. The molecule has 0 saturated carbocycles. The Bertz CT molecular complexity index is 1970. The Morgan fingerprint density at radius 2 is 1.50 bits per heavy atom. The molecule has 0 spiro atoms. The van der Waals surface area contributed by atoms with Crippen LogP contribution >= 0.6 is 0 Å². The largest absolute Gasteiger partial charge is 0.497 e. The average molecular weight is 495 g/mol. The van der Waals surface area contributed by atoms with Crippen molar-refractivity contribution < 1.29 is 9.53 Å². The van der Waals surface area contributed by atoms with Crippen molar-refractivity contribution in [3.63, 3.8) is 0 Å². The first-order chi connectivity index (χ1) is 18.7. The number of rotatable bonds is 5. The standard InChI is InChI=1S/C32H22N4O2/c1-38-22-14-11-19(12-15-22)29-30-24(23-9-5-6-10-25(23)33-30)18-28(34-29)32-35-26-16-13-21(17-27(26)36-32)31(37)20-7-3-2-4-8-20/h2-18,33H,1H3,(H,35,36). The minimum atomic E-state index is -0.0304. The Kier molecular flexibility index (Phi) is 5.04. The molecule has 2 N–H and O–H groups in total. The third-order valence-corrected chi connectivity index (χ3v) is 6.88.